The Morgan fingerprint density at radius 1 is 1.08 bits per heavy atom. The molecular weight excluding hydrogens is 500 g/mol. The summed E-state index contributed by atoms with van der Waals surface area (Å²) in [6.07, 6.45) is -0.521. The number of nitrogens with zero attached hydrogens (tertiary/aromatic N) is 2. The number of hydrogen-bond acceptors (Lipinski definition) is 7. The minimum atomic E-state index is -1.41. The predicted molar refractivity (Wildman–Crippen MR) is 144 cm³/mol. The zero-order valence-electron chi connectivity index (χ0n) is 21.9. The van der Waals surface area contributed by atoms with Crippen molar-refractivity contribution in [3.63, 3.8) is 0 Å². The number of rotatable bonds is 10. The van der Waals surface area contributed by atoms with Crippen LogP contribution in [0.1, 0.15) is 52.7 Å². The number of carbonyl (C=O) groups excluding carboxylic acids is 3. The van der Waals surface area contributed by atoms with E-state index in [1.807, 2.05) is 54.6 Å². The third kappa shape index (κ3) is 7.52. The molecule has 1 aliphatic rings. The van der Waals surface area contributed by atoms with Crippen molar-refractivity contribution in [2.45, 2.75) is 50.9 Å². The summed E-state index contributed by atoms with van der Waals surface area (Å²) >= 11 is 0. The van der Waals surface area contributed by atoms with Gasteiger partial charge in [-0.15, -0.1) is 0 Å². The SMILES string of the molecule is CCOC(=O)[C@H](O)C[C@@H](Cc1ccc(-c2ccccc2)cc1)NC(=O)c1cc(C(=O)N2CCC(O)CC2)[nH]n1. The van der Waals surface area contributed by atoms with Gasteiger partial charge in [0.15, 0.2) is 11.8 Å². The van der Waals surface area contributed by atoms with Crippen LogP contribution in [-0.4, -0.2) is 81.0 Å². The number of carbonyl (C=O) groups is 3. The largest absolute Gasteiger partial charge is 0.464 e. The topological polar surface area (TPSA) is 145 Å². The van der Waals surface area contributed by atoms with Gasteiger partial charge in [-0.3, -0.25) is 14.7 Å². The van der Waals surface area contributed by atoms with E-state index in [1.54, 1.807) is 11.8 Å². The maximum absolute atomic E-state index is 13.1. The van der Waals surface area contributed by atoms with E-state index in [0.29, 0.717) is 32.4 Å². The highest BCUT2D eigenvalue weighted by atomic mass is 16.5. The summed E-state index contributed by atoms with van der Waals surface area (Å²) in [6.45, 7) is 2.64. The molecule has 0 spiro atoms. The summed E-state index contributed by atoms with van der Waals surface area (Å²) in [5, 5.41) is 29.6. The summed E-state index contributed by atoms with van der Waals surface area (Å²) in [4.78, 5) is 39.5. The first kappa shape index (κ1) is 28.0. The Hall–Kier alpha value is -4.02. The lowest BCUT2D eigenvalue weighted by molar-refractivity contribution is -0.153. The highest BCUT2D eigenvalue weighted by molar-refractivity contribution is 5.97. The second-order valence-electron chi connectivity index (χ2n) is 9.63. The molecule has 0 bridgehead atoms. The summed E-state index contributed by atoms with van der Waals surface area (Å²) in [7, 11) is 0. The van der Waals surface area contributed by atoms with Crippen LogP contribution in [0.5, 0.6) is 0 Å². The summed E-state index contributed by atoms with van der Waals surface area (Å²) in [5.41, 5.74) is 3.22. The van der Waals surface area contributed by atoms with E-state index >= 15 is 0 Å². The maximum Gasteiger partial charge on any atom is 0.335 e. The lowest BCUT2D eigenvalue weighted by Crippen LogP contribution is -2.41. The van der Waals surface area contributed by atoms with Gasteiger partial charge in [-0.1, -0.05) is 54.6 Å². The number of esters is 1. The Morgan fingerprint density at radius 2 is 1.74 bits per heavy atom. The van der Waals surface area contributed by atoms with Gasteiger partial charge < -0.3 is 25.2 Å². The lowest BCUT2D eigenvalue weighted by atomic mass is 9.97. The maximum atomic E-state index is 13.1. The zero-order valence-corrected chi connectivity index (χ0v) is 21.9. The van der Waals surface area contributed by atoms with Crippen molar-refractivity contribution in [2.75, 3.05) is 19.7 Å². The third-order valence-electron chi connectivity index (χ3n) is 6.74. The minimum Gasteiger partial charge on any atom is -0.464 e. The van der Waals surface area contributed by atoms with E-state index in [9.17, 15) is 24.6 Å². The van der Waals surface area contributed by atoms with Crippen molar-refractivity contribution in [1.82, 2.24) is 20.4 Å². The van der Waals surface area contributed by atoms with Crippen LogP contribution in [0.25, 0.3) is 11.1 Å². The molecule has 1 fully saturated rings. The van der Waals surface area contributed by atoms with Crippen molar-refractivity contribution in [3.8, 4) is 11.1 Å². The van der Waals surface area contributed by atoms with Crippen LogP contribution in [0.15, 0.2) is 60.7 Å². The molecule has 0 radical (unpaired) electrons. The third-order valence-corrected chi connectivity index (χ3v) is 6.74. The van der Waals surface area contributed by atoms with Crippen molar-refractivity contribution in [3.05, 3.63) is 77.6 Å². The van der Waals surface area contributed by atoms with E-state index in [-0.39, 0.29) is 30.3 Å². The number of benzene rings is 2. The van der Waals surface area contributed by atoms with Gasteiger partial charge in [0, 0.05) is 31.6 Å². The lowest BCUT2D eigenvalue weighted by Gasteiger charge is -2.29. The highest BCUT2D eigenvalue weighted by Gasteiger charge is 2.27. The number of aliphatic hydroxyl groups excluding tert-OH is 2. The van der Waals surface area contributed by atoms with Gasteiger partial charge in [0.1, 0.15) is 5.69 Å². The smallest absolute Gasteiger partial charge is 0.335 e. The van der Waals surface area contributed by atoms with Crippen LogP contribution in [-0.2, 0) is 16.0 Å². The number of hydrogen-bond donors (Lipinski definition) is 4. The van der Waals surface area contributed by atoms with Crippen LogP contribution in [0.3, 0.4) is 0 Å². The molecule has 3 aromatic rings. The Bertz CT molecular complexity index is 1250. The van der Waals surface area contributed by atoms with Crippen LogP contribution in [0, 0.1) is 0 Å². The average molecular weight is 535 g/mol. The van der Waals surface area contributed by atoms with Gasteiger partial charge in [-0.25, -0.2) is 4.79 Å². The van der Waals surface area contributed by atoms with E-state index in [0.717, 1.165) is 16.7 Å². The number of H-pyrrole nitrogens is 1. The number of amides is 2. The fraction of sp³-hybridized carbons (Fsp3) is 0.379. The Morgan fingerprint density at radius 3 is 2.41 bits per heavy atom. The number of aromatic amines is 1. The molecule has 1 aromatic heterocycles. The first-order valence-corrected chi connectivity index (χ1v) is 13.2. The zero-order chi connectivity index (χ0) is 27.8. The van der Waals surface area contributed by atoms with Crippen molar-refractivity contribution in [2.24, 2.45) is 0 Å². The molecule has 0 saturated carbocycles. The van der Waals surface area contributed by atoms with E-state index < -0.39 is 30.1 Å². The molecule has 0 aliphatic carbocycles. The van der Waals surface area contributed by atoms with Gasteiger partial charge >= 0.3 is 5.97 Å². The van der Waals surface area contributed by atoms with Crippen LogP contribution < -0.4 is 5.32 Å². The molecule has 2 heterocycles. The van der Waals surface area contributed by atoms with Crippen molar-refractivity contribution in [1.29, 1.82) is 0 Å². The fourth-order valence-electron chi connectivity index (χ4n) is 4.59. The summed E-state index contributed by atoms with van der Waals surface area (Å²) in [5.74, 6) is -1.59. The van der Waals surface area contributed by atoms with Gasteiger partial charge in [-0.2, -0.15) is 5.10 Å². The Balaban J connectivity index is 1.45. The monoisotopic (exact) mass is 534 g/mol. The van der Waals surface area contributed by atoms with Gasteiger partial charge in [0.25, 0.3) is 11.8 Å². The van der Waals surface area contributed by atoms with Crippen molar-refractivity contribution < 1.29 is 29.3 Å². The number of likely N-dealkylation sites (tertiary alicyclic amines) is 1. The molecule has 2 atom stereocenters. The Labute approximate surface area is 227 Å². The number of aromatic nitrogens is 2. The molecule has 2 amide bonds. The number of piperidine rings is 1. The quantitative estimate of drug-likeness (QED) is 0.292. The molecule has 39 heavy (non-hydrogen) atoms. The van der Waals surface area contributed by atoms with Crippen LogP contribution in [0.2, 0.25) is 0 Å². The minimum absolute atomic E-state index is 0.0189. The highest BCUT2D eigenvalue weighted by Crippen LogP contribution is 2.20. The molecule has 10 nitrogen and oxygen atoms in total. The number of aliphatic hydroxyl groups is 2. The van der Waals surface area contributed by atoms with E-state index in [2.05, 4.69) is 15.5 Å². The first-order valence-electron chi connectivity index (χ1n) is 13.2. The average Bonchev–Trinajstić information content (AvgIpc) is 3.45. The molecule has 10 heteroatoms. The standard InChI is InChI=1S/C29H34N4O6/c1-2-39-29(38)26(35)17-22(16-19-8-10-21(11-9-19)20-6-4-3-5-7-20)30-27(36)24-18-25(32-31-24)28(37)33-14-12-23(34)13-15-33/h3-11,18,22-23,26,34-35H,2,12-17H2,1H3,(H,30,36)(H,31,32)/t22-,26-/m1/s1. The van der Waals surface area contributed by atoms with Gasteiger partial charge in [0.05, 0.1) is 12.7 Å². The summed E-state index contributed by atoms with van der Waals surface area (Å²) in [6, 6.07) is 18.6. The van der Waals surface area contributed by atoms with Gasteiger partial charge in [0.2, 0.25) is 0 Å². The van der Waals surface area contributed by atoms with Gasteiger partial charge in [-0.05, 0) is 42.9 Å². The number of nitrogens with one attached hydrogen (secondary N) is 2. The molecule has 4 rings (SSSR count). The normalized spacial score (nSPS) is 15.4. The molecule has 1 aliphatic heterocycles. The van der Waals surface area contributed by atoms with E-state index in [4.69, 9.17) is 4.74 Å². The van der Waals surface area contributed by atoms with Crippen molar-refractivity contribution >= 4 is 17.8 Å². The van der Waals surface area contributed by atoms with Crippen LogP contribution >= 0.6 is 0 Å². The summed E-state index contributed by atoms with van der Waals surface area (Å²) < 4.78 is 4.93. The first-order chi connectivity index (χ1) is 18.8. The fourth-order valence-corrected chi connectivity index (χ4v) is 4.59. The molecule has 0 unspecified atom stereocenters. The second-order valence-corrected chi connectivity index (χ2v) is 9.63. The molecule has 4 N–H and O–H groups in total. The predicted octanol–water partition coefficient (Wildman–Crippen LogP) is 2.33. The van der Waals surface area contributed by atoms with E-state index in [1.165, 1.54) is 6.07 Å². The molecule has 206 valence electrons. The number of ether oxygens (including phenoxy) is 1. The van der Waals surface area contributed by atoms with Crippen LogP contribution in [0.4, 0.5) is 0 Å². The Kier molecular flexibility index (Phi) is 9.45. The molecule has 2 aromatic carbocycles. The molecular formula is C29H34N4O6. The molecule has 1 saturated heterocycles. The second kappa shape index (κ2) is 13.2.